The van der Waals surface area contributed by atoms with E-state index < -0.39 is 0 Å². The Morgan fingerprint density at radius 2 is 2.15 bits per heavy atom. The summed E-state index contributed by atoms with van der Waals surface area (Å²) in [6.45, 7) is 2.17. The monoisotopic (exact) mass is 290 g/mol. The Bertz CT molecular complexity index is 803. The minimum atomic E-state index is -0.244. The van der Waals surface area contributed by atoms with Crippen molar-refractivity contribution in [2.75, 3.05) is 6.61 Å². The number of fused-ring (bicyclic) bond motifs is 1. The van der Waals surface area contributed by atoms with Crippen molar-refractivity contribution in [3.05, 3.63) is 52.0 Å². The van der Waals surface area contributed by atoms with Crippen molar-refractivity contribution >= 4 is 22.6 Å². The molecular weight excluding hydrogens is 280 g/mol. The van der Waals surface area contributed by atoms with Gasteiger partial charge in [-0.3, -0.25) is 4.79 Å². The van der Waals surface area contributed by atoms with Crippen LogP contribution in [-0.4, -0.2) is 6.61 Å². The van der Waals surface area contributed by atoms with Crippen molar-refractivity contribution in [3.63, 3.8) is 0 Å². The number of benzene rings is 1. The van der Waals surface area contributed by atoms with E-state index in [0.717, 1.165) is 0 Å². The third kappa shape index (κ3) is 2.08. The summed E-state index contributed by atoms with van der Waals surface area (Å²) < 4.78 is 16.3. The highest BCUT2D eigenvalue weighted by atomic mass is 35.5. The van der Waals surface area contributed by atoms with E-state index in [0.29, 0.717) is 33.9 Å². The lowest BCUT2D eigenvalue weighted by atomic mass is 10.1. The normalized spacial score (nSPS) is 10.9. The highest BCUT2D eigenvalue weighted by Crippen LogP contribution is 2.31. The summed E-state index contributed by atoms with van der Waals surface area (Å²) in [5, 5.41) is 0.872. The van der Waals surface area contributed by atoms with Crippen molar-refractivity contribution in [2.45, 2.75) is 6.92 Å². The van der Waals surface area contributed by atoms with Crippen LogP contribution in [0.3, 0.4) is 0 Å². The quantitative estimate of drug-likeness (QED) is 0.728. The molecule has 102 valence electrons. The van der Waals surface area contributed by atoms with Gasteiger partial charge in [0.1, 0.15) is 11.8 Å². The molecule has 0 N–H and O–H groups in total. The van der Waals surface area contributed by atoms with Crippen LogP contribution in [0.4, 0.5) is 0 Å². The van der Waals surface area contributed by atoms with Crippen molar-refractivity contribution in [1.29, 1.82) is 0 Å². The molecule has 3 rings (SSSR count). The molecule has 0 spiro atoms. The number of ether oxygens (including phenoxy) is 1. The fourth-order valence-electron chi connectivity index (χ4n) is 2.01. The van der Waals surface area contributed by atoms with E-state index in [-0.39, 0.29) is 11.2 Å². The molecule has 0 radical (unpaired) electrons. The lowest BCUT2D eigenvalue weighted by Crippen LogP contribution is -2.09. The number of rotatable bonds is 3. The maximum atomic E-state index is 12.5. The lowest BCUT2D eigenvalue weighted by molar-refractivity contribution is 0.330. The molecular formula is C15H11ClO4. The van der Waals surface area contributed by atoms with Crippen LogP contribution < -0.4 is 10.2 Å². The van der Waals surface area contributed by atoms with Crippen molar-refractivity contribution < 1.29 is 13.6 Å². The summed E-state index contributed by atoms with van der Waals surface area (Å²) >= 11 is 5.92. The Morgan fingerprint density at radius 3 is 2.85 bits per heavy atom. The zero-order valence-corrected chi connectivity index (χ0v) is 11.4. The van der Waals surface area contributed by atoms with Crippen LogP contribution in [0.15, 0.2) is 50.4 Å². The maximum absolute atomic E-state index is 12.5. The summed E-state index contributed by atoms with van der Waals surface area (Å²) in [5.74, 6) is 0.532. The summed E-state index contributed by atoms with van der Waals surface area (Å²) in [7, 11) is 0. The zero-order valence-electron chi connectivity index (χ0n) is 10.7. The molecule has 0 aliphatic carbocycles. The van der Waals surface area contributed by atoms with Gasteiger partial charge >= 0.3 is 0 Å². The Hall–Kier alpha value is -2.20. The number of hydrogen-bond donors (Lipinski definition) is 0. The van der Waals surface area contributed by atoms with Crippen LogP contribution in [0.25, 0.3) is 22.3 Å². The van der Waals surface area contributed by atoms with Gasteiger partial charge in [-0.05, 0) is 31.2 Å². The third-order valence-corrected chi connectivity index (χ3v) is 3.12. The van der Waals surface area contributed by atoms with Gasteiger partial charge in [0.25, 0.3) is 0 Å². The Labute approximate surface area is 119 Å². The molecule has 0 fully saturated rings. The molecule has 1 aromatic carbocycles. The van der Waals surface area contributed by atoms with Crippen molar-refractivity contribution in [2.24, 2.45) is 0 Å². The maximum Gasteiger partial charge on any atom is 0.235 e. The smallest absolute Gasteiger partial charge is 0.235 e. The molecule has 5 heteroatoms. The van der Waals surface area contributed by atoms with E-state index in [1.807, 2.05) is 0 Å². The average molecular weight is 291 g/mol. The second-order valence-electron chi connectivity index (χ2n) is 4.17. The predicted octanol–water partition coefficient (Wildman–Crippen LogP) is 4.11. The van der Waals surface area contributed by atoms with E-state index >= 15 is 0 Å². The molecule has 0 unspecified atom stereocenters. The molecule has 0 aliphatic rings. The van der Waals surface area contributed by atoms with Gasteiger partial charge in [-0.25, -0.2) is 0 Å². The molecule has 0 atom stereocenters. The minimum absolute atomic E-state index is 0.170. The van der Waals surface area contributed by atoms with Crippen LogP contribution in [-0.2, 0) is 0 Å². The molecule has 3 aromatic rings. The molecule has 0 saturated heterocycles. The van der Waals surface area contributed by atoms with Crippen LogP contribution in [0.2, 0.25) is 5.02 Å². The van der Waals surface area contributed by atoms with Crippen molar-refractivity contribution in [1.82, 2.24) is 0 Å². The highest BCUT2D eigenvalue weighted by molar-refractivity contribution is 6.31. The molecule has 4 nitrogen and oxygen atoms in total. The third-order valence-electron chi connectivity index (χ3n) is 2.88. The van der Waals surface area contributed by atoms with Gasteiger partial charge < -0.3 is 13.6 Å². The fourth-order valence-corrected chi connectivity index (χ4v) is 2.18. The van der Waals surface area contributed by atoms with Gasteiger partial charge in [0.15, 0.2) is 5.76 Å². The van der Waals surface area contributed by atoms with Crippen LogP contribution in [0.1, 0.15) is 6.92 Å². The van der Waals surface area contributed by atoms with Crippen LogP contribution in [0, 0.1) is 0 Å². The van der Waals surface area contributed by atoms with Gasteiger partial charge in [-0.2, -0.15) is 0 Å². The first kappa shape index (κ1) is 12.8. The molecule has 0 aliphatic heterocycles. The summed E-state index contributed by atoms with van der Waals surface area (Å²) in [6, 6.07) is 6.62. The standard InChI is InChI=1S/C15H11ClO4/c1-2-19-15-13(17)11-7-10(16)3-4-12(11)20-14(15)9-5-6-18-8-9/h3-8H,2H2,1H3. The average Bonchev–Trinajstić information content (AvgIpc) is 2.96. The lowest BCUT2D eigenvalue weighted by Gasteiger charge is -2.09. The van der Waals surface area contributed by atoms with Crippen molar-refractivity contribution in [3.8, 4) is 17.1 Å². The van der Waals surface area contributed by atoms with Gasteiger partial charge in [-0.15, -0.1) is 0 Å². The molecule has 0 saturated carbocycles. The molecule has 0 amide bonds. The summed E-state index contributed by atoms with van der Waals surface area (Å²) in [6.07, 6.45) is 3.01. The van der Waals surface area contributed by atoms with Gasteiger partial charge in [0.2, 0.25) is 11.2 Å². The Kier molecular flexibility index (Phi) is 3.24. The minimum Gasteiger partial charge on any atom is -0.487 e. The largest absolute Gasteiger partial charge is 0.487 e. The van der Waals surface area contributed by atoms with E-state index in [4.69, 9.17) is 25.2 Å². The fraction of sp³-hybridized carbons (Fsp3) is 0.133. The number of hydrogen-bond acceptors (Lipinski definition) is 4. The first-order valence-corrected chi connectivity index (χ1v) is 6.50. The van der Waals surface area contributed by atoms with Crippen LogP contribution >= 0.6 is 11.6 Å². The number of furan rings is 1. The molecule has 20 heavy (non-hydrogen) atoms. The molecule has 2 aromatic heterocycles. The Balaban J connectivity index is 2.36. The molecule has 0 bridgehead atoms. The second-order valence-corrected chi connectivity index (χ2v) is 4.61. The summed E-state index contributed by atoms with van der Waals surface area (Å²) in [4.78, 5) is 12.5. The van der Waals surface area contributed by atoms with E-state index in [9.17, 15) is 4.79 Å². The van der Waals surface area contributed by atoms with E-state index in [2.05, 4.69) is 0 Å². The zero-order chi connectivity index (χ0) is 14.1. The second kappa shape index (κ2) is 5.06. The topological polar surface area (TPSA) is 52.6 Å². The highest BCUT2D eigenvalue weighted by Gasteiger charge is 2.18. The summed E-state index contributed by atoms with van der Waals surface area (Å²) in [5.41, 5.74) is 0.869. The Morgan fingerprint density at radius 1 is 1.30 bits per heavy atom. The SMILES string of the molecule is CCOc1c(-c2ccoc2)oc2ccc(Cl)cc2c1=O. The van der Waals surface area contributed by atoms with Gasteiger partial charge in [-0.1, -0.05) is 11.6 Å². The first-order valence-electron chi connectivity index (χ1n) is 6.12. The van der Waals surface area contributed by atoms with Gasteiger partial charge in [0.05, 0.1) is 23.8 Å². The predicted molar refractivity (Wildman–Crippen MR) is 76.4 cm³/mol. The van der Waals surface area contributed by atoms with E-state index in [1.54, 1.807) is 31.2 Å². The van der Waals surface area contributed by atoms with Crippen LogP contribution in [0.5, 0.6) is 5.75 Å². The number of halogens is 1. The molecule has 2 heterocycles. The van der Waals surface area contributed by atoms with E-state index in [1.165, 1.54) is 12.5 Å². The van der Waals surface area contributed by atoms with Gasteiger partial charge in [0, 0.05) is 5.02 Å². The first-order chi connectivity index (χ1) is 9.70.